The molecule has 3 aliphatic heterocycles. The number of nitrogens with zero attached hydrogens (tertiary/aromatic N) is 6. The van der Waals surface area contributed by atoms with Gasteiger partial charge in [0, 0.05) is 131 Å². The minimum Gasteiger partial charge on any atom is -0.508 e. The Morgan fingerprint density at radius 2 is 1.43 bits per heavy atom. The second-order valence-electron chi connectivity index (χ2n) is 36.6. The number of rotatable bonds is 36. The highest BCUT2D eigenvalue weighted by Gasteiger charge is 2.46. The van der Waals surface area contributed by atoms with Crippen LogP contribution in [-0.2, 0) is 104 Å². The van der Waals surface area contributed by atoms with Gasteiger partial charge in [0.25, 0.3) is 0 Å². The van der Waals surface area contributed by atoms with Gasteiger partial charge >= 0.3 is 0 Å². The van der Waals surface area contributed by atoms with Gasteiger partial charge in [0.15, 0.2) is 7.28 Å². The summed E-state index contributed by atoms with van der Waals surface area (Å²) in [6.07, 6.45) is 4.76. The van der Waals surface area contributed by atoms with Gasteiger partial charge in [-0.2, -0.15) is 11.8 Å². The minimum absolute atomic E-state index is 0.00973. The molecular weight excluding hydrogens is 1730 g/mol. The van der Waals surface area contributed by atoms with Crippen molar-refractivity contribution in [2.75, 3.05) is 65.4 Å². The van der Waals surface area contributed by atoms with Crippen molar-refractivity contribution in [2.24, 2.45) is 23.3 Å². The number of fused-ring (bicyclic) bond motifs is 8. The molecule has 35 nitrogen and oxygen atoms in total. The number of aliphatic hydroxyl groups is 1. The maximum atomic E-state index is 15.9. The van der Waals surface area contributed by atoms with Crippen LogP contribution < -0.4 is 64.8 Å². The van der Waals surface area contributed by atoms with Gasteiger partial charge in [-0.25, -0.2) is 0 Å². The minimum atomic E-state index is -1.61. The van der Waals surface area contributed by atoms with E-state index in [1.807, 2.05) is 84.0 Å². The molecule has 5 heterocycles. The number of para-hydroxylation sites is 2. The average molecular weight is 1870 g/mol. The summed E-state index contributed by atoms with van der Waals surface area (Å²) in [6, 6.07) is 11.5. The van der Waals surface area contributed by atoms with E-state index in [0.717, 1.165) is 28.2 Å². The van der Waals surface area contributed by atoms with E-state index in [1.54, 1.807) is 86.2 Å². The Balaban J connectivity index is 1.04. The molecule has 9 rings (SSSR count). The van der Waals surface area contributed by atoms with Crippen LogP contribution in [0.2, 0.25) is 6.32 Å². The quantitative estimate of drug-likeness (QED) is 0.0198. The van der Waals surface area contributed by atoms with Crippen molar-refractivity contribution in [3.05, 3.63) is 131 Å². The number of ketones is 1. The van der Waals surface area contributed by atoms with E-state index < -0.39 is 169 Å². The fourth-order valence-electron chi connectivity index (χ4n) is 17.4. The monoisotopic (exact) mass is 1870 g/mol. The van der Waals surface area contributed by atoms with Crippen molar-refractivity contribution in [1.29, 1.82) is 0 Å². The van der Waals surface area contributed by atoms with Gasteiger partial charge in [0.05, 0.1) is 25.6 Å². The first-order valence-corrected chi connectivity index (χ1v) is 48.1. The number of unbranched alkanes of at least 4 members (excludes halogenated alkanes) is 2. The number of aryl methyl sites for hydroxylation is 2. The van der Waals surface area contributed by atoms with Gasteiger partial charge in [-0.1, -0.05) is 152 Å². The SMILES string of the molecule is CCCC[C@@H](C(=O)N(C)[C@@H](CCCC)C(=O)N[C@@H](CC(C)C)C(=O)NCCSCC(N)CC)N(C)C(=O)[C@@H]1Cc2cn(c3ccccc23)CC(=O)C[B]c2ccc(C)cc2CNC[C@H](NC(=O)C2CCCN2C(=O)[C@H](CC(N)=O)NC(=O)[C@H](C)N(C)C(=O)CCc2ccc(O)cc2)C(=O)N[C@@H](CC(C)C)C(=O)N2C[C@H](O)CC2C(=O)N[C@@H](Cc2c[nH]c3ccccc23)C(=O)NCC(=O)N1. The van der Waals surface area contributed by atoms with E-state index in [9.17, 15) is 43.8 Å². The van der Waals surface area contributed by atoms with Crippen molar-refractivity contribution in [2.45, 2.75) is 269 Å². The van der Waals surface area contributed by atoms with Crippen LogP contribution in [0.1, 0.15) is 173 Å². The lowest BCUT2D eigenvalue weighted by molar-refractivity contribution is -0.149. The number of likely N-dealkylation sites (tertiary alicyclic amines) is 1. The van der Waals surface area contributed by atoms with Crippen LogP contribution in [0.3, 0.4) is 0 Å². The van der Waals surface area contributed by atoms with E-state index in [2.05, 4.69) is 52.8 Å². The molecule has 2 aromatic heterocycles. The van der Waals surface area contributed by atoms with E-state index in [-0.39, 0.29) is 132 Å². The van der Waals surface area contributed by atoms with E-state index in [0.29, 0.717) is 88.4 Å². The number of phenolic OH excluding ortho intramolecular Hbond substituents is 1. The maximum Gasteiger partial charge on any atom is 0.246 e. The third-order valence-electron chi connectivity index (χ3n) is 25.2. The molecule has 16 N–H and O–H groups in total. The number of aliphatic hydroxyl groups excluding tert-OH is 1. The topological polar surface area (TPSA) is 494 Å². The molecule has 13 atom stereocenters. The van der Waals surface area contributed by atoms with Crippen LogP contribution in [-0.4, -0.2) is 284 Å². The number of aromatic hydroxyl groups is 1. The Labute approximate surface area is 789 Å². The van der Waals surface area contributed by atoms with Gasteiger partial charge in [-0.05, 0) is 130 Å². The fraction of sp³-hybridized carbons (Fsp3) is 0.557. The molecule has 6 aromatic rings. The van der Waals surface area contributed by atoms with Gasteiger partial charge in [0.2, 0.25) is 82.7 Å². The Hall–Kier alpha value is -11.7. The normalized spacial score (nSPS) is 20.0. The molecular formula is C97H138BN18O17S. The largest absolute Gasteiger partial charge is 0.508 e. The number of hydrogen-bond donors (Lipinski definition) is 14. The number of carbonyl (C=O) groups excluding carboxylic acids is 15. The predicted octanol–water partition coefficient (Wildman–Crippen LogP) is 3.09. The summed E-state index contributed by atoms with van der Waals surface area (Å²) in [7, 11) is 6.13. The van der Waals surface area contributed by atoms with Crippen LogP contribution in [0, 0.1) is 18.8 Å². The number of thioether (sulfide) groups is 1. The molecule has 0 spiro atoms. The molecule has 727 valence electrons. The zero-order valence-electron chi connectivity index (χ0n) is 79.4. The Morgan fingerprint density at radius 3 is 2.12 bits per heavy atom. The third kappa shape index (κ3) is 29.9. The molecule has 14 amide bonds. The Bertz CT molecular complexity index is 5110. The number of primary amides is 1. The zero-order valence-corrected chi connectivity index (χ0v) is 80.2. The summed E-state index contributed by atoms with van der Waals surface area (Å²) >= 11 is 1.62. The summed E-state index contributed by atoms with van der Waals surface area (Å²) in [5.74, 6) is -9.65. The van der Waals surface area contributed by atoms with Gasteiger partial charge in [-0.15, -0.1) is 0 Å². The van der Waals surface area contributed by atoms with Crippen LogP contribution in [0.4, 0.5) is 0 Å². The van der Waals surface area contributed by atoms with Crippen LogP contribution >= 0.6 is 11.8 Å². The molecule has 2 bridgehead atoms. The molecule has 0 aliphatic carbocycles. The first kappa shape index (κ1) is 106. The number of aromatic nitrogens is 2. The molecule has 37 heteroatoms. The number of nitrogens with one attached hydrogen (secondary N) is 10. The maximum absolute atomic E-state index is 15.9. The highest BCUT2D eigenvalue weighted by molar-refractivity contribution is 7.99. The van der Waals surface area contributed by atoms with E-state index >= 15 is 38.4 Å². The molecule has 2 saturated heterocycles. The second-order valence-corrected chi connectivity index (χ2v) is 37.8. The Morgan fingerprint density at radius 1 is 0.739 bits per heavy atom. The molecule has 4 aromatic carbocycles. The van der Waals surface area contributed by atoms with Gasteiger partial charge in [-0.3, -0.25) is 71.9 Å². The van der Waals surface area contributed by atoms with Crippen LogP contribution in [0.5, 0.6) is 5.75 Å². The number of hydrogen-bond acceptors (Lipinski definition) is 20. The smallest absolute Gasteiger partial charge is 0.246 e. The summed E-state index contributed by atoms with van der Waals surface area (Å²) in [5.41, 5.74) is 17.1. The zero-order chi connectivity index (χ0) is 97.7. The molecule has 2 fully saturated rings. The second kappa shape index (κ2) is 51.1. The number of nitrogens with two attached hydrogens (primary N) is 2. The number of Topliss-reactive ketones (excluding diaryl/α,β-unsaturated/α-hetero) is 1. The lowest BCUT2D eigenvalue weighted by atomic mass is 9.64. The molecule has 3 aliphatic rings. The third-order valence-corrected chi connectivity index (χ3v) is 26.3. The Kier molecular flexibility index (Phi) is 40.4. The number of aromatic amines is 1. The summed E-state index contributed by atoms with van der Waals surface area (Å²) < 4.78 is 1.74. The average Bonchev–Trinajstić information content (AvgIpc) is 1.69. The van der Waals surface area contributed by atoms with Crippen molar-refractivity contribution in [3.8, 4) is 5.75 Å². The summed E-state index contributed by atoms with van der Waals surface area (Å²) in [4.78, 5) is 231. The summed E-state index contributed by atoms with van der Waals surface area (Å²) in [5, 5.41) is 48.5. The molecule has 3 unspecified atom stereocenters. The predicted molar refractivity (Wildman–Crippen MR) is 513 cm³/mol. The van der Waals surface area contributed by atoms with Crippen LogP contribution in [0.15, 0.2) is 103 Å². The number of likely N-dealkylation sites (N-methyl/N-ethyl adjacent to an activating group) is 3. The number of carbonyl (C=O) groups is 15. The standard InChI is InChI=1S/C97H138BN18O17S/c1-13-16-26-80(91(127)106-73(41-57(4)5)88(124)102-38-40-134-56-65(99)15-3)112(11)97(133)82(27-17-14-2)113(12)94(130)76-45-64-53-114(79-28-21-19-24-70(64)79)54-68(119)48-98-71-36-30-59(8)43-63(71)49-101-51-78(110-92(128)81-29-22-39-115(81)95(131)77(47-84(100)120)108-87(123)60(9)111(10)86(122)37-33-61-31-34-66(117)35-32-61)90(126)109-75(42-58(6)7)96(132)116-55-67(118)46-83(116)93(129)107-74(89(125)104-52-85(121)105-76)44-62-50-103-72-25-20-18-23-69(62)72/h18-21,23-25,28,30-32,34-36,43,50,53,57-58,60,65,67,73-78,80-83,101,103,117-118H,13-17,22,26-27,29,33,37-42,44-49,51-52,54-56,99H2,1-12H3,(H2,100,120)(H,102,124)(H,104,125)(H,105,121)(H,106,127)(H,107,129)(H,108,123)(H,109,126)(H,110,128)/t60-,65?,67+,73-,74-,75-,76-,77-,78-,80-,81?,82-,83?/m0/s1. The van der Waals surface area contributed by atoms with Crippen molar-refractivity contribution < 1.29 is 82.1 Å². The van der Waals surface area contributed by atoms with Crippen molar-refractivity contribution in [1.82, 2.24) is 81.9 Å². The van der Waals surface area contributed by atoms with Crippen molar-refractivity contribution in [3.63, 3.8) is 0 Å². The van der Waals surface area contributed by atoms with Crippen molar-refractivity contribution >= 4 is 135 Å². The fourth-order valence-corrected chi connectivity index (χ4v) is 18.3. The lowest BCUT2D eigenvalue weighted by Crippen LogP contribution is -2.61. The lowest BCUT2D eigenvalue weighted by Gasteiger charge is -2.36. The first-order valence-electron chi connectivity index (χ1n) is 47.0. The van der Waals surface area contributed by atoms with Crippen LogP contribution in [0.25, 0.3) is 21.8 Å². The van der Waals surface area contributed by atoms with E-state index in [4.69, 9.17) is 11.5 Å². The number of phenols is 1. The molecule has 0 saturated carbocycles. The van der Waals surface area contributed by atoms with Gasteiger partial charge < -0.3 is 104 Å². The number of amides is 14. The highest BCUT2D eigenvalue weighted by atomic mass is 32.2. The highest BCUT2D eigenvalue weighted by Crippen LogP contribution is 2.29. The number of H-pyrrole nitrogens is 1. The summed E-state index contributed by atoms with van der Waals surface area (Å²) in [6.45, 7) is 15.3. The molecule has 1 radical (unpaired) electrons. The first-order chi connectivity index (χ1) is 63.9. The van der Waals surface area contributed by atoms with Gasteiger partial charge in [0.1, 0.15) is 78.0 Å². The van der Waals surface area contributed by atoms with E-state index in [1.165, 1.54) is 59.8 Å². The molecule has 134 heavy (non-hydrogen) atoms. The number of benzene rings is 4.